The molecule has 0 radical (unpaired) electrons. The van der Waals surface area contributed by atoms with Gasteiger partial charge in [0.15, 0.2) is 6.17 Å². The maximum Gasteiger partial charge on any atom is 0.410 e. The fourth-order valence-corrected chi connectivity index (χ4v) is 4.85. The molecule has 0 aromatic carbocycles. The van der Waals surface area contributed by atoms with Crippen molar-refractivity contribution in [2.45, 2.75) is 70.0 Å². The standard InChI is InChI=1S/C25H29FN6O4/c1-25(2,3)36-24(34)32-15-5-7-19(32)23(26)21(9-15)35-22-8-6-17(29-30-22)16-12-27-18(10-20(16)33)14-11-28-31(4)13-14/h6,8,10-13,15,19,21,23H,5,7,9H2,1-4H3,(H,27,33)/t15-,19+,21-,23+/m1/s1. The molecule has 1 N–H and O–H groups in total. The molecule has 11 heteroatoms. The van der Waals surface area contributed by atoms with E-state index >= 15 is 4.39 Å². The van der Waals surface area contributed by atoms with Crippen LogP contribution in [-0.2, 0) is 11.8 Å². The van der Waals surface area contributed by atoms with Gasteiger partial charge in [-0.2, -0.15) is 5.10 Å². The molecule has 2 fully saturated rings. The third-order valence-corrected chi connectivity index (χ3v) is 6.45. The van der Waals surface area contributed by atoms with Crippen LogP contribution in [0, 0.1) is 0 Å². The zero-order valence-corrected chi connectivity index (χ0v) is 20.6. The summed E-state index contributed by atoms with van der Waals surface area (Å²) in [4.78, 5) is 18.6. The molecule has 4 atom stereocenters. The summed E-state index contributed by atoms with van der Waals surface area (Å²) in [5.41, 5.74) is 1.53. The molecular formula is C25H29FN6O4. The van der Waals surface area contributed by atoms with Crippen LogP contribution in [0.15, 0.2) is 36.8 Å². The Bertz CT molecular complexity index is 1260. The number of rotatable bonds is 4. The number of aromatic nitrogens is 5. The van der Waals surface area contributed by atoms with Crippen LogP contribution in [0.5, 0.6) is 11.6 Å². The molecule has 3 aromatic heterocycles. The molecule has 2 aliphatic rings. The topological polar surface area (TPSA) is 115 Å². The normalized spacial score (nSPS) is 23.5. The number of piperidine rings is 1. The molecule has 2 saturated heterocycles. The highest BCUT2D eigenvalue weighted by Crippen LogP contribution is 2.40. The van der Waals surface area contributed by atoms with E-state index in [1.165, 1.54) is 11.1 Å². The number of aromatic hydroxyl groups is 1. The van der Waals surface area contributed by atoms with E-state index in [1.807, 2.05) is 0 Å². The largest absolute Gasteiger partial charge is 0.507 e. The van der Waals surface area contributed by atoms with E-state index in [9.17, 15) is 9.90 Å². The van der Waals surface area contributed by atoms with Crippen LogP contribution in [-0.4, -0.2) is 71.0 Å². The van der Waals surface area contributed by atoms with Gasteiger partial charge in [-0.25, -0.2) is 9.18 Å². The number of fused-ring (bicyclic) bond motifs is 2. The number of carbonyl (C=O) groups is 1. The van der Waals surface area contributed by atoms with Crippen molar-refractivity contribution in [2.24, 2.45) is 7.05 Å². The van der Waals surface area contributed by atoms with E-state index in [-0.39, 0.29) is 17.7 Å². The monoisotopic (exact) mass is 496 g/mol. The van der Waals surface area contributed by atoms with Crippen LogP contribution in [0.3, 0.4) is 0 Å². The quantitative estimate of drug-likeness (QED) is 0.578. The minimum absolute atomic E-state index is 0.00161. The maximum absolute atomic E-state index is 15.4. The van der Waals surface area contributed by atoms with Crippen LogP contribution < -0.4 is 4.74 Å². The number of ether oxygens (including phenoxy) is 2. The van der Waals surface area contributed by atoms with Crippen molar-refractivity contribution in [3.63, 3.8) is 0 Å². The van der Waals surface area contributed by atoms with Crippen LogP contribution in [0.2, 0.25) is 0 Å². The summed E-state index contributed by atoms with van der Waals surface area (Å²) in [7, 11) is 1.80. The second kappa shape index (κ2) is 9.03. The van der Waals surface area contributed by atoms with Crippen LogP contribution in [0.25, 0.3) is 22.5 Å². The van der Waals surface area contributed by atoms with E-state index in [1.54, 1.807) is 63.1 Å². The maximum atomic E-state index is 15.4. The minimum Gasteiger partial charge on any atom is -0.507 e. The fourth-order valence-electron chi connectivity index (χ4n) is 4.85. The summed E-state index contributed by atoms with van der Waals surface area (Å²) < 4.78 is 28.4. The second-order valence-corrected chi connectivity index (χ2v) is 10.3. The number of aryl methyl sites for hydroxylation is 1. The third kappa shape index (κ3) is 4.69. The lowest BCUT2D eigenvalue weighted by Crippen LogP contribution is -2.57. The molecule has 5 rings (SSSR count). The van der Waals surface area contributed by atoms with Gasteiger partial charge in [-0.1, -0.05) is 0 Å². The Morgan fingerprint density at radius 3 is 2.61 bits per heavy atom. The minimum atomic E-state index is -1.37. The molecule has 2 aliphatic heterocycles. The average Bonchev–Trinajstić information content (AvgIpc) is 3.40. The Hall–Kier alpha value is -3.76. The van der Waals surface area contributed by atoms with Gasteiger partial charge in [-0.15, -0.1) is 10.2 Å². The van der Waals surface area contributed by atoms with Crippen molar-refractivity contribution in [1.29, 1.82) is 0 Å². The van der Waals surface area contributed by atoms with Crippen molar-refractivity contribution in [3.8, 4) is 34.1 Å². The predicted octanol–water partition coefficient (Wildman–Crippen LogP) is 3.90. The number of halogens is 1. The van der Waals surface area contributed by atoms with Gasteiger partial charge in [0.1, 0.15) is 17.5 Å². The molecule has 0 saturated carbocycles. The average molecular weight is 497 g/mol. The SMILES string of the molecule is Cn1cc(-c2cc(O)c(-c3ccc(O[C@@H]4C[C@H]5CC[C@@H]([C@@H]4F)N5C(=O)OC(C)(C)C)nn3)cn2)cn1. The van der Waals surface area contributed by atoms with Gasteiger partial charge in [-0.3, -0.25) is 14.6 Å². The van der Waals surface area contributed by atoms with E-state index in [4.69, 9.17) is 9.47 Å². The highest BCUT2D eigenvalue weighted by atomic mass is 19.1. The molecular weight excluding hydrogens is 467 g/mol. The van der Waals surface area contributed by atoms with Gasteiger partial charge < -0.3 is 14.6 Å². The van der Waals surface area contributed by atoms with Gasteiger partial charge in [-0.05, 0) is 39.7 Å². The first kappa shape index (κ1) is 24.0. The molecule has 0 spiro atoms. The van der Waals surface area contributed by atoms with Gasteiger partial charge >= 0.3 is 6.09 Å². The fraction of sp³-hybridized carbons (Fsp3) is 0.480. The first-order chi connectivity index (χ1) is 17.1. The lowest BCUT2D eigenvalue weighted by molar-refractivity contribution is -0.0412. The number of amides is 1. The van der Waals surface area contributed by atoms with E-state index in [2.05, 4.69) is 20.3 Å². The lowest BCUT2D eigenvalue weighted by atomic mass is 9.98. The zero-order chi connectivity index (χ0) is 25.6. The Kier molecular flexibility index (Phi) is 6.01. The van der Waals surface area contributed by atoms with Crippen molar-refractivity contribution in [2.75, 3.05) is 0 Å². The summed E-state index contributed by atoms with van der Waals surface area (Å²) in [6.07, 6.45) is 4.01. The molecule has 2 bridgehead atoms. The smallest absolute Gasteiger partial charge is 0.410 e. The third-order valence-electron chi connectivity index (χ3n) is 6.45. The van der Waals surface area contributed by atoms with Crippen LogP contribution >= 0.6 is 0 Å². The first-order valence-corrected chi connectivity index (χ1v) is 11.9. The van der Waals surface area contributed by atoms with E-state index < -0.39 is 30.0 Å². The van der Waals surface area contributed by atoms with Crippen molar-refractivity contribution in [1.82, 2.24) is 29.9 Å². The summed E-state index contributed by atoms with van der Waals surface area (Å²) in [6.45, 7) is 5.38. The summed E-state index contributed by atoms with van der Waals surface area (Å²) in [6, 6.07) is 4.04. The molecule has 10 nitrogen and oxygen atoms in total. The molecule has 0 aliphatic carbocycles. The second-order valence-electron chi connectivity index (χ2n) is 10.3. The number of alkyl halides is 1. The van der Waals surface area contributed by atoms with Gasteiger partial charge in [0.05, 0.1) is 29.2 Å². The Balaban J connectivity index is 1.26. The predicted molar refractivity (Wildman–Crippen MR) is 128 cm³/mol. The van der Waals surface area contributed by atoms with Crippen molar-refractivity contribution < 1.29 is 23.8 Å². The molecule has 36 heavy (non-hydrogen) atoms. The Labute approximate surface area is 208 Å². The van der Waals surface area contributed by atoms with E-state index in [0.717, 1.165) is 5.56 Å². The first-order valence-electron chi connectivity index (χ1n) is 11.9. The van der Waals surface area contributed by atoms with Crippen molar-refractivity contribution in [3.05, 3.63) is 36.8 Å². The molecule has 3 aromatic rings. The number of carbonyl (C=O) groups excluding carboxylic acids is 1. The number of hydrogen-bond acceptors (Lipinski definition) is 8. The van der Waals surface area contributed by atoms with Gasteiger partial charge in [0.2, 0.25) is 5.88 Å². The van der Waals surface area contributed by atoms with Crippen LogP contribution in [0.1, 0.15) is 40.0 Å². The number of hydrogen-bond donors (Lipinski definition) is 1. The zero-order valence-electron chi connectivity index (χ0n) is 20.6. The Morgan fingerprint density at radius 2 is 1.97 bits per heavy atom. The Morgan fingerprint density at radius 1 is 1.17 bits per heavy atom. The molecule has 1 amide bonds. The number of nitrogens with zero attached hydrogens (tertiary/aromatic N) is 6. The number of pyridine rings is 1. The summed E-state index contributed by atoms with van der Waals surface area (Å²) in [5, 5.41) is 22.9. The highest BCUT2D eigenvalue weighted by molar-refractivity contribution is 5.71. The highest BCUT2D eigenvalue weighted by Gasteiger charge is 2.52. The summed E-state index contributed by atoms with van der Waals surface area (Å²) >= 11 is 0. The summed E-state index contributed by atoms with van der Waals surface area (Å²) in [5.74, 6) is 0.178. The van der Waals surface area contributed by atoms with Gasteiger partial charge in [0.25, 0.3) is 0 Å². The molecule has 5 heterocycles. The lowest BCUT2D eigenvalue weighted by Gasteiger charge is -2.41. The van der Waals surface area contributed by atoms with E-state index in [0.29, 0.717) is 36.2 Å². The molecule has 190 valence electrons. The van der Waals surface area contributed by atoms with Crippen molar-refractivity contribution >= 4 is 6.09 Å². The van der Waals surface area contributed by atoms with Gasteiger partial charge in [0, 0.05) is 49.6 Å². The molecule has 0 unspecified atom stereocenters. The van der Waals surface area contributed by atoms with Crippen LogP contribution in [0.4, 0.5) is 9.18 Å².